The normalized spacial score (nSPS) is 19.9. The SMILES string of the molecule is Cc1cc(/C=C(\C#N)C(=O)NCC(c2ccc(F)cc2)N2CCOCC2)c(C)n1CC1CCCO1. The number of benzene rings is 1. The predicted molar refractivity (Wildman–Crippen MR) is 131 cm³/mol. The number of carbonyl (C=O) groups is 1. The molecule has 0 saturated carbocycles. The standard InChI is InChI=1S/C27H33FN4O3/c1-19-14-22(20(2)32(19)18-25-4-3-11-35-25)15-23(16-29)27(33)30-17-26(31-9-12-34-13-10-31)21-5-7-24(28)8-6-21/h5-8,14-15,25-26H,3-4,9-13,17-18H2,1-2H3,(H,30,33)/b23-15+. The Hall–Kier alpha value is -2.99. The summed E-state index contributed by atoms with van der Waals surface area (Å²) in [6.07, 6.45) is 4.00. The van der Waals surface area contributed by atoms with Gasteiger partial charge in [-0.25, -0.2) is 4.39 Å². The largest absolute Gasteiger partial charge is 0.379 e. The number of aromatic nitrogens is 1. The van der Waals surface area contributed by atoms with Gasteiger partial charge in [0, 0.05) is 44.2 Å². The average Bonchev–Trinajstić information content (AvgIpc) is 3.48. The first-order valence-electron chi connectivity index (χ1n) is 12.2. The van der Waals surface area contributed by atoms with E-state index in [0.717, 1.165) is 61.6 Å². The molecule has 1 aromatic carbocycles. The number of halogens is 1. The molecule has 2 aromatic rings. The quantitative estimate of drug-likeness (QED) is 0.462. The summed E-state index contributed by atoms with van der Waals surface area (Å²) < 4.78 is 26.9. The molecule has 0 spiro atoms. The van der Waals surface area contributed by atoms with E-state index in [9.17, 15) is 14.4 Å². The number of carbonyl (C=O) groups excluding carboxylic acids is 1. The summed E-state index contributed by atoms with van der Waals surface area (Å²) in [6, 6.07) is 10.3. The maximum atomic E-state index is 13.5. The van der Waals surface area contributed by atoms with E-state index in [-0.39, 0.29) is 23.5 Å². The number of morpholine rings is 1. The van der Waals surface area contributed by atoms with Crippen LogP contribution in [0.1, 0.15) is 41.4 Å². The summed E-state index contributed by atoms with van der Waals surface area (Å²) in [7, 11) is 0. The van der Waals surface area contributed by atoms with Gasteiger partial charge in [-0.3, -0.25) is 9.69 Å². The number of amides is 1. The Labute approximate surface area is 206 Å². The van der Waals surface area contributed by atoms with Crippen molar-refractivity contribution in [3.05, 3.63) is 64.2 Å². The van der Waals surface area contributed by atoms with Crippen molar-refractivity contribution < 1.29 is 18.7 Å². The zero-order valence-electron chi connectivity index (χ0n) is 20.4. The topological polar surface area (TPSA) is 79.5 Å². The molecule has 2 saturated heterocycles. The van der Waals surface area contributed by atoms with Crippen molar-refractivity contribution in [2.24, 2.45) is 0 Å². The molecule has 2 atom stereocenters. The molecule has 1 N–H and O–H groups in total. The van der Waals surface area contributed by atoms with Crippen LogP contribution in [0.2, 0.25) is 0 Å². The zero-order valence-corrected chi connectivity index (χ0v) is 20.4. The lowest BCUT2D eigenvalue weighted by Crippen LogP contribution is -2.44. The number of nitrogens with one attached hydrogen (secondary N) is 1. The number of aryl methyl sites for hydroxylation is 1. The predicted octanol–water partition coefficient (Wildman–Crippen LogP) is 3.52. The van der Waals surface area contributed by atoms with Crippen molar-refractivity contribution >= 4 is 12.0 Å². The molecule has 8 heteroatoms. The third-order valence-corrected chi connectivity index (χ3v) is 6.89. The molecule has 1 amide bonds. The van der Waals surface area contributed by atoms with Crippen LogP contribution in [0.25, 0.3) is 6.08 Å². The summed E-state index contributed by atoms with van der Waals surface area (Å²) in [5.41, 5.74) is 3.91. The van der Waals surface area contributed by atoms with E-state index < -0.39 is 5.91 Å². The third kappa shape index (κ3) is 6.17. The molecule has 2 unspecified atom stereocenters. The van der Waals surface area contributed by atoms with Gasteiger partial charge in [-0.05, 0) is 62.1 Å². The summed E-state index contributed by atoms with van der Waals surface area (Å²) in [5, 5.41) is 12.7. The lowest BCUT2D eigenvalue weighted by atomic mass is 10.0. The van der Waals surface area contributed by atoms with E-state index in [1.807, 2.05) is 19.9 Å². The van der Waals surface area contributed by atoms with Crippen molar-refractivity contribution in [3.8, 4) is 6.07 Å². The van der Waals surface area contributed by atoms with Crippen LogP contribution in [0.15, 0.2) is 35.9 Å². The van der Waals surface area contributed by atoms with Gasteiger partial charge in [0.25, 0.3) is 5.91 Å². The lowest BCUT2D eigenvalue weighted by Gasteiger charge is -2.34. The molecule has 2 aliphatic rings. The molecule has 3 heterocycles. The highest BCUT2D eigenvalue weighted by Crippen LogP contribution is 2.24. The molecule has 7 nitrogen and oxygen atoms in total. The number of hydrogen-bond acceptors (Lipinski definition) is 5. The van der Waals surface area contributed by atoms with Gasteiger partial charge in [0.2, 0.25) is 0 Å². The van der Waals surface area contributed by atoms with E-state index in [0.29, 0.717) is 19.8 Å². The third-order valence-electron chi connectivity index (χ3n) is 6.89. The molecule has 186 valence electrons. The monoisotopic (exact) mass is 480 g/mol. The summed E-state index contributed by atoms with van der Waals surface area (Å²) in [5.74, 6) is -0.720. The fraction of sp³-hybridized carbons (Fsp3) is 0.481. The van der Waals surface area contributed by atoms with Crippen molar-refractivity contribution in [2.45, 2.75) is 45.4 Å². The van der Waals surface area contributed by atoms with Gasteiger partial charge in [0.05, 0.1) is 25.4 Å². The van der Waals surface area contributed by atoms with Crippen molar-refractivity contribution in [3.63, 3.8) is 0 Å². The van der Waals surface area contributed by atoms with E-state index in [2.05, 4.69) is 20.9 Å². The van der Waals surface area contributed by atoms with Gasteiger partial charge in [0.15, 0.2) is 0 Å². The van der Waals surface area contributed by atoms with Gasteiger partial charge >= 0.3 is 0 Å². The van der Waals surface area contributed by atoms with Gasteiger partial charge in [-0.2, -0.15) is 5.26 Å². The van der Waals surface area contributed by atoms with Crippen LogP contribution < -0.4 is 5.32 Å². The van der Waals surface area contributed by atoms with Gasteiger partial charge in [0.1, 0.15) is 17.5 Å². The first-order chi connectivity index (χ1) is 17.0. The van der Waals surface area contributed by atoms with Crippen molar-refractivity contribution in [1.29, 1.82) is 5.26 Å². The molecule has 2 aliphatic heterocycles. The molecular formula is C27H33FN4O3. The van der Waals surface area contributed by atoms with Crippen LogP contribution >= 0.6 is 0 Å². The summed E-state index contributed by atoms with van der Waals surface area (Å²) in [4.78, 5) is 15.2. The van der Waals surface area contributed by atoms with Crippen LogP contribution in [0, 0.1) is 31.0 Å². The maximum Gasteiger partial charge on any atom is 0.262 e. The van der Waals surface area contributed by atoms with E-state index in [4.69, 9.17) is 9.47 Å². The van der Waals surface area contributed by atoms with Gasteiger partial charge < -0.3 is 19.4 Å². The smallest absolute Gasteiger partial charge is 0.262 e. The minimum atomic E-state index is -0.420. The Morgan fingerprint density at radius 2 is 2.00 bits per heavy atom. The number of nitrogens with zero attached hydrogens (tertiary/aromatic N) is 3. The second kappa shape index (κ2) is 11.6. The zero-order chi connectivity index (χ0) is 24.8. The number of ether oxygens (including phenoxy) is 2. The Bertz CT molecular complexity index is 1090. The molecule has 0 aliphatic carbocycles. The van der Waals surface area contributed by atoms with E-state index in [1.165, 1.54) is 12.1 Å². The Morgan fingerprint density at radius 3 is 2.66 bits per heavy atom. The number of nitriles is 1. The molecule has 0 radical (unpaired) electrons. The molecule has 35 heavy (non-hydrogen) atoms. The fourth-order valence-electron chi connectivity index (χ4n) is 4.87. The fourth-order valence-corrected chi connectivity index (χ4v) is 4.87. The number of hydrogen-bond donors (Lipinski definition) is 1. The minimum absolute atomic E-state index is 0.0576. The minimum Gasteiger partial charge on any atom is -0.379 e. The summed E-state index contributed by atoms with van der Waals surface area (Å²) in [6.45, 7) is 8.57. The summed E-state index contributed by atoms with van der Waals surface area (Å²) >= 11 is 0. The second-order valence-electron chi connectivity index (χ2n) is 9.17. The average molecular weight is 481 g/mol. The highest BCUT2D eigenvalue weighted by atomic mass is 19.1. The lowest BCUT2D eigenvalue weighted by molar-refractivity contribution is -0.117. The van der Waals surface area contributed by atoms with E-state index in [1.54, 1.807) is 18.2 Å². The van der Waals surface area contributed by atoms with Gasteiger partial charge in [-0.15, -0.1) is 0 Å². The van der Waals surface area contributed by atoms with Crippen LogP contribution in [0.3, 0.4) is 0 Å². The van der Waals surface area contributed by atoms with Crippen LogP contribution in [0.4, 0.5) is 4.39 Å². The Kier molecular flexibility index (Phi) is 8.34. The first kappa shape index (κ1) is 25.1. The molecule has 0 bridgehead atoms. The maximum absolute atomic E-state index is 13.5. The second-order valence-corrected chi connectivity index (χ2v) is 9.17. The number of rotatable bonds is 8. The van der Waals surface area contributed by atoms with Crippen LogP contribution in [0.5, 0.6) is 0 Å². The Morgan fingerprint density at radius 1 is 1.26 bits per heavy atom. The van der Waals surface area contributed by atoms with Crippen LogP contribution in [-0.4, -0.2) is 60.9 Å². The first-order valence-corrected chi connectivity index (χ1v) is 12.2. The molecular weight excluding hydrogens is 447 g/mol. The van der Waals surface area contributed by atoms with Crippen molar-refractivity contribution in [1.82, 2.24) is 14.8 Å². The van der Waals surface area contributed by atoms with Crippen LogP contribution in [-0.2, 0) is 20.8 Å². The van der Waals surface area contributed by atoms with Gasteiger partial charge in [-0.1, -0.05) is 12.1 Å². The van der Waals surface area contributed by atoms with E-state index >= 15 is 0 Å². The molecule has 4 rings (SSSR count). The van der Waals surface area contributed by atoms with Crippen molar-refractivity contribution in [2.75, 3.05) is 39.5 Å². The molecule has 1 aromatic heterocycles. The highest BCUT2D eigenvalue weighted by Gasteiger charge is 2.24. The molecule has 2 fully saturated rings. The highest BCUT2D eigenvalue weighted by molar-refractivity contribution is 6.01. The Balaban J connectivity index is 1.48.